The predicted octanol–water partition coefficient (Wildman–Crippen LogP) is 5.42. The Morgan fingerprint density at radius 1 is 0.969 bits per heavy atom. The Balaban J connectivity index is 1.50. The topological polar surface area (TPSA) is 40.6 Å². The summed E-state index contributed by atoms with van der Waals surface area (Å²) in [4.78, 5) is 30.2. The lowest BCUT2D eigenvalue weighted by molar-refractivity contribution is -0.138. The predicted molar refractivity (Wildman–Crippen MR) is 130 cm³/mol. The number of hydrogen-bond acceptors (Lipinski definition) is 2. The van der Waals surface area contributed by atoms with Crippen molar-refractivity contribution < 1.29 is 9.59 Å². The highest BCUT2D eigenvalue weighted by molar-refractivity contribution is 5.93. The van der Waals surface area contributed by atoms with Gasteiger partial charge in [-0.15, -0.1) is 0 Å². The number of rotatable bonds is 6. The van der Waals surface area contributed by atoms with Crippen molar-refractivity contribution in [3.05, 3.63) is 65.7 Å². The van der Waals surface area contributed by atoms with Crippen LogP contribution in [0.4, 0.5) is 5.69 Å². The zero-order chi connectivity index (χ0) is 22.5. The van der Waals surface area contributed by atoms with Crippen LogP contribution in [0.25, 0.3) is 0 Å². The number of benzene rings is 2. The minimum atomic E-state index is 0.122. The summed E-state index contributed by atoms with van der Waals surface area (Å²) in [7, 11) is 1.85. The number of para-hydroxylation sites is 1. The molecule has 4 rings (SSSR count). The van der Waals surface area contributed by atoms with Crippen LogP contribution in [0.1, 0.15) is 62.5 Å². The van der Waals surface area contributed by atoms with Crippen LogP contribution in [0.15, 0.2) is 54.6 Å². The molecule has 1 aliphatic heterocycles. The average Bonchev–Trinajstić information content (AvgIpc) is 3.38. The van der Waals surface area contributed by atoms with Gasteiger partial charge in [-0.05, 0) is 54.9 Å². The molecule has 1 heterocycles. The van der Waals surface area contributed by atoms with Crippen molar-refractivity contribution in [1.29, 1.82) is 0 Å². The van der Waals surface area contributed by atoms with Gasteiger partial charge in [-0.3, -0.25) is 9.59 Å². The van der Waals surface area contributed by atoms with E-state index in [0.717, 1.165) is 50.8 Å². The number of piperidine rings is 1. The largest absolute Gasteiger partial charge is 0.342 e. The molecule has 0 aromatic heterocycles. The van der Waals surface area contributed by atoms with Gasteiger partial charge in [-0.1, -0.05) is 62.2 Å². The van der Waals surface area contributed by atoms with Crippen molar-refractivity contribution in [3.63, 3.8) is 0 Å². The molecule has 0 radical (unpaired) electrons. The third kappa shape index (κ3) is 5.23. The molecule has 32 heavy (non-hydrogen) atoms. The molecule has 2 atom stereocenters. The molecule has 0 bridgehead atoms. The van der Waals surface area contributed by atoms with Gasteiger partial charge in [0.1, 0.15) is 0 Å². The molecule has 2 aromatic carbocycles. The summed E-state index contributed by atoms with van der Waals surface area (Å²) >= 11 is 0. The van der Waals surface area contributed by atoms with E-state index in [2.05, 4.69) is 36.1 Å². The normalized spacial score (nSPS) is 21.5. The van der Waals surface area contributed by atoms with Crippen molar-refractivity contribution in [2.45, 2.75) is 57.8 Å². The van der Waals surface area contributed by atoms with Crippen LogP contribution in [0.5, 0.6) is 0 Å². The quantitative estimate of drug-likeness (QED) is 0.611. The van der Waals surface area contributed by atoms with Crippen LogP contribution in [0.2, 0.25) is 0 Å². The van der Waals surface area contributed by atoms with Gasteiger partial charge < -0.3 is 9.80 Å². The van der Waals surface area contributed by atoms with Crippen LogP contribution in [-0.4, -0.2) is 36.9 Å². The van der Waals surface area contributed by atoms with Crippen LogP contribution in [-0.2, 0) is 16.0 Å². The van der Waals surface area contributed by atoms with Gasteiger partial charge in [-0.25, -0.2) is 0 Å². The van der Waals surface area contributed by atoms with Crippen molar-refractivity contribution >= 4 is 17.5 Å². The molecule has 2 fully saturated rings. The summed E-state index contributed by atoms with van der Waals surface area (Å²) < 4.78 is 0. The van der Waals surface area contributed by atoms with Gasteiger partial charge in [0, 0.05) is 44.1 Å². The molecule has 0 spiro atoms. The van der Waals surface area contributed by atoms with E-state index in [0.29, 0.717) is 24.8 Å². The second kappa shape index (κ2) is 10.3. The first-order valence-electron chi connectivity index (χ1n) is 12.2. The molecule has 0 N–H and O–H groups in total. The van der Waals surface area contributed by atoms with Gasteiger partial charge in [-0.2, -0.15) is 0 Å². The first-order valence-corrected chi connectivity index (χ1v) is 12.2. The van der Waals surface area contributed by atoms with Gasteiger partial charge in [0.2, 0.25) is 11.8 Å². The fourth-order valence-corrected chi connectivity index (χ4v) is 5.41. The summed E-state index contributed by atoms with van der Waals surface area (Å²) in [6.07, 6.45) is 6.82. The fraction of sp³-hybridized carbons (Fsp3) is 0.500. The summed E-state index contributed by atoms with van der Waals surface area (Å²) in [5, 5.41) is 0. The molecular formula is C28H36N2O2. The Morgan fingerprint density at radius 2 is 1.66 bits per heavy atom. The van der Waals surface area contributed by atoms with E-state index >= 15 is 0 Å². The summed E-state index contributed by atoms with van der Waals surface area (Å²) in [5.41, 5.74) is 3.54. The van der Waals surface area contributed by atoms with E-state index < -0.39 is 0 Å². The number of aryl methyl sites for hydroxylation is 1. The molecule has 170 valence electrons. The zero-order valence-electron chi connectivity index (χ0n) is 19.5. The zero-order valence-corrected chi connectivity index (χ0v) is 19.5. The van der Waals surface area contributed by atoms with E-state index in [4.69, 9.17) is 0 Å². The Labute approximate surface area is 192 Å². The molecule has 1 aliphatic carbocycles. The van der Waals surface area contributed by atoms with Crippen molar-refractivity contribution in [1.82, 2.24) is 4.90 Å². The highest BCUT2D eigenvalue weighted by Gasteiger charge is 2.35. The summed E-state index contributed by atoms with van der Waals surface area (Å²) in [5.74, 6) is 1.09. The second-order valence-electron chi connectivity index (χ2n) is 9.61. The van der Waals surface area contributed by atoms with Crippen molar-refractivity contribution in [2.24, 2.45) is 11.8 Å². The molecule has 2 amide bonds. The van der Waals surface area contributed by atoms with Crippen molar-refractivity contribution in [3.8, 4) is 0 Å². The van der Waals surface area contributed by atoms with E-state index in [1.165, 1.54) is 11.1 Å². The molecule has 4 nitrogen and oxygen atoms in total. The summed E-state index contributed by atoms with van der Waals surface area (Å²) in [6, 6.07) is 18.7. The highest BCUT2D eigenvalue weighted by atomic mass is 16.2. The molecule has 1 saturated carbocycles. The van der Waals surface area contributed by atoms with E-state index in [1.807, 2.05) is 37.4 Å². The molecular weight excluding hydrogens is 396 g/mol. The standard InChI is InChI=1S/C28H36N2O2/c1-3-21-13-15-23(16-14-21)25-17-22(18-27(31)29(2)26-11-5-4-6-12-26)19-30(20-25)28(32)24-9-7-8-10-24/h4-6,11-16,22,24-25H,3,7-10,17-20H2,1-2H3. The minimum absolute atomic E-state index is 0.122. The van der Waals surface area contributed by atoms with E-state index in [9.17, 15) is 9.59 Å². The molecule has 1 saturated heterocycles. The Hall–Kier alpha value is -2.62. The number of amides is 2. The first kappa shape index (κ1) is 22.6. The lowest BCUT2D eigenvalue weighted by Gasteiger charge is -2.39. The second-order valence-corrected chi connectivity index (χ2v) is 9.61. The maximum atomic E-state index is 13.3. The third-order valence-corrected chi connectivity index (χ3v) is 7.39. The van der Waals surface area contributed by atoms with Crippen LogP contribution >= 0.6 is 0 Å². The van der Waals surface area contributed by atoms with Crippen molar-refractivity contribution in [2.75, 3.05) is 25.0 Å². The Morgan fingerprint density at radius 3 is 2.31 bits per heavy atom. The highest BCUT2D eigenvalue weighted by Crippen LogP contribution is 2.35. The SMILES string of the molecule is CCc1ccc(C2CC(CC(=O)N(C)c3ccccc3)CN(C(=O)C3CCCC3)C2)cc1. The molecule has 2 aromatic rings. The van der Waals surface area contributed by atoms with Gasteiger partial charge in [0.25, 0.3) is 0 Å². The van der Waals surface area contributed by atoms with Gasteiger partial charge >= 0.3 is 0 Å². The monoisotopic (exact) mass is 432 g/mol. The minimum Gasteiger partial charge on any atom is -0.342 e. The molecule has 2 aliphatic rings. The Bertz CT molecular complexity index is 903. The maximum Gasteiger partial charge on any atom is 0.227 e. The Kier molecular flexibility index (Phi) is 7.29. The average molecular weight is 433 g/mol. The van der Waals surface area contributed by atoms with E-state index in [1.54, 1.807) is 4.90 Å². The lowest BCUT2D eigenvalue weighted by Crippen LogP contribution is -2.46. The van der Waals surface area contributed by atoms with Crippen LogP contribution in [0.3, 0.4) is 0 Å². The van der Waals surface area contributed by atoms with Gasteiger partial charge in [0.05, 0.1) is 0 Å². The van der Waals surface area contributed by atoms with Crippen LogP contribution < -0.4 is 4.90 Å². The maximum absolute atomic E-state index is 13.3. The number of carbonyl (C=O) groups is 2. The molecule has 4 heteroatoms. The fourth-order valence-electron chi connectivity index (χ4n) is 5.41. The number of carbonyl (C=O) groups excluding carboxylic acids is 2. The van der Waals surface area contributed by atoms with Crippen LogP contribution in [0, 0.1) is 11.8 Å². The lowest BCUT2D eigenvalue weighted by atomic mass is 9.82. The first-order chi connectivity index (χ1) is 15.5. The number of likely N-dealkylation sites (tertiary alicyclic amines) is 1. The number of nitrogens with zero attached hydrogens (tertiary/aromatic N) is 2. The summed E-state index contributed by atoms with van der Waals surface area (Å²) in [6.45, 7) is 3.65. The number of hydrogen-bond donors (Lipinski definition) is 0. The van der Waals surface area contributed by atoms with Gasteiger partial charge in [0.15, 0.2) is 0 Å². The smallest absolute Gasteiger partial charge is 0.227 e. The van der Waals surface area contributed by atoms with E-state index in [-0.39, 0.29) is 17.7 Å². The number of anilines is 1. The molecule has 2 unspecified atom stereocenters. The third-order valence-electron chi connectivity index (χ3n) is 7.39.